The average molecular weight is 555 g/mol. The molecule has 3 rings (SSSR count). The van der Waals surface area contributed by atoms with Crippen molar-refractivity contribution in [2.24, 2.45) is 0 Å². The van der Waals surface area contributed by atoms with Gasteiger partial charge < -0.3 is 19.1 Å². The molecule has 0 aliphatic heterocycles. The van der Waals surface area contributed by atoms with Crippen LogP contribution in [-0.2, 0) is 17.9 Å². The first-order valence-electron chi connectivity index (χ1n) is 12.4. The van der Waals surface area contributed by atoms with Crippen molar-refractivity contribution in [3.63, 3.8) is 0 Å². The Kier molecular flexibility index (Phi) is 10.2. The molecule has 0 radical (unpaired) electrons. The minimum Gasteiger partial charge on any atom is -0.497 e. The summed E-state index contributed by atoms with van der Waals surface area (Å²) in [6, 6.07) is 19.2. The van der Waals surface area contributed by atoms with Crippen molar-refractivity contribution in [2.45, 2.75) is 52.7 Å². The molecular weight excluding hydrogens is 518 g/mol. The highest BCUT2D eigenvalue weighted by Crippen LogP contribution is 2.17. The first-order chi connectivity index (χ1) is 17.3. The van der Waals surface area contributed by atoms with Crippen molar-refractivity contribution in [1.29, 1.82) is 0 Å². The molecule has 0 unspecified atom stereocenters. The van der Waals surface area contributed by atoms with Crippen LogP contribution in [0.5, 0.6) is 5.75 Å². The van der Waals surface area contributed by atoms with Crippen LogP contribution in [-0.4, -0.2) is 52.4 Å². The third-order valence-electron chi connectivity index (χ3n) is 6.20. The number of carbonyl (C=O) groups is 2. The van der Waals surface area contributed by atoms with Crippen LogP contribution in [0, 0.1) is 0 Å². The van der Waals surface area contributed by atoms with Crippen molar-refractivity contribution >= 4 is 27.7 Å². The van der Waals surface area contributed by atoms with Crippen LogP contribution in [0.15, 0.2) is 71.3 Å². The first-order valence-corrected chi connectivity index (χ1v) is 13.2. The smallest absolute Gasteiger partial charge is 0.254 e. The molecule has 3 aromatic rings. The fourth-order valence-electron chi connectivity index (χ4n) is 4.00. The quantitative estimate of drug-likeness (QED) is 0.277. The normalized spacial score (nSPS) is 10.9. The molecule has 1 aromatic heterocycles. The minimum absolute atomic E-state index is 0.0413. The van der Waals surface area contributed by atoms with Gasteiger partial charge in [0.25, 0.3) is 5.91 Å². The van der Waals surface area contributed by atoms with Gasteiger partial charge in [-0.05, 0) is 74.4 Å². The minimum atomic E-state index is -0.157. The molecule has 7 heteroatoms. The van der Waals surface area contributed by atoms with E-state index in [-0.39, 0.29) is 24.4 Å². The molecule has 0 saturated heterocycles. The van der Waals surface area contributed by atoms with Crippen molar-refractivity contribution < 1.29 is 14.3 Å². The molecule has 0 fully saturated rings. The summed E-state index contributed by atoms with van der Waals surface area (Å²) in [7, 11) is 1.59. The number of methoxy groups -OCH3 is 1. The Balaban J connectivity index is 1.75. The van der Waals surface area contributed by atoms with Crippen LogP contribution in [0.2, 0.25) is 0 Å². The maximum Gasteiger partial charge on any atom is 0.254 e. The van der Waals surface area contributed by atoms with E-state index in [0.29, 0.717) is 24.4 Å². The Morgan fingerprint density at radius 3 is 2.33 bits per heavy atom. The fraction of sp³-hybridized carbons (Fsp3) is 0.379. The summed E-state index contributed by atoms with van der Waals surface area (Å²) in [6.45, 7) is 7.93. The van der Waals surface area contributed by atoms with Crippen LogP contribution >= 0.6 is 15.9 Å². The third-order valence-corrected chi connectivity index (χ3v) is 6.73. The van der Waals surface area contributed by atoms with Gasteiger partial charge in [0, 0.05) is 41.1 Å². The van der Waals surface area contributed by atoms with E-state index in [4.69, 9.17) is 4.74 Å². The zero-order valence-electron chi connectivity index (χ0n) is 21.6. The summed E-state index contributed by atoms with van der Waals surface area (Å²) in [4.78, 5) is 30.3. The third kappa shape index (κ3) is 7.47. The largest absolute Gasteiger partial charge is 0.497 e. The monoisotopic (exact) mass is 553 g/mol. The maximum atomic E-state index is 13.5. The van der Waals surface area contributed by atoms with Crippen LogP contribution in [0.25, 0.3) is 0 Å². The Morgan fingerprint density at radius 1 is 1.03 bits per heavy atom. The number of amides is 2. The number of unbranched alkanes of at least 4 members (excludes halogenated alkanes) is 1. The van der Waals surface area contributed by atoms with Crippen LogP contribution in [0.3, 0.4) is 0 Å². The lowest BCUT2D eigenvalue weighted by atomic mass is 10.1. The molecule has 0 bridgehead atoms. The van der Waals surface area contributed by atoms with Gasteiger partial charge in [-0.25, -0.2) is 0 Å². The van der Waals surface area contributed by atoms with Gasteiger partial charge in [-0.1, -0.05) is 41.4 Å². The zero-order chi connectivity index (χ0) is 26.1. The van der Waals surface area contributed by atoms with Crippen molar-refractivity contribution in [3.05, 3.63) is 88.2 Å². The van der Waals surface area contributed by atoms with Gasteiger partial charge in [0.1, 0.15) is 12.3 Å². The lowest BCUT2D eigenvalue weighted by Gasteiger charge is -2.30. The number of ether oxygens (including phenoxy) is 1. The molecule has 0 spiro atoms. The molecule has 0 atom stereocenters. The van der Waals surface area contributed by atoms with E-state index in [9.17, 15) is 9.59 Å². The predicted octanol–water partition coefficient (Wildman–Crippen LogP) is 5.99. The Hall–Kier alpha value is -3.06. The van der Waals surface area contributed by atoms with E-state index in [1.165, 1.54) is 5.56 Å². The number of nitrogens with zero attached hydrogens (tertiary/aromatic N) is 3. The lowest BCUT2D eigenvalue weighted by Crippen LogP contribution is -2.46. The van der Waals surface area contributed by atoms with Gasteiger partial charge in [-0.2, -0.15) is 0 Å². The van der Waals surface area contributed by atoms with Crippen LogP contribution < -0.4 is 4.74 Å². The number of hydrogen-bond acceptors (Lipinski definition) is 3. The average Bonchev–Trinajstić information content (AvgIpc) is 3.32. The molecule has 36 heavy (non-hydrogen) atoms. The SMILES string of the molecule is CCCCN(Cc1cccn1Cc1ccc(Br)cc1)C(=O)CN(C(=O)c1ccc(OC)cc1)C(C)C. The molecule has 1 heterocycles. The molecule has 0 aliphatic carbocycles. The topological polar surface area (TPSA) is 54.8 Å². The first kappa shape index (κ1) is 27.5. The van der Waals surface area contributed by atoms with E-state index >= 15 is 0 Å². The highest BCUT2D eigenvalue weighted by molar-refractivity contribution is 9.10. The number of hydrogen-bond donors (Lipinski definition) is 0. The number of aromatic nitrogens is 1. The molecule has 0 aliphatic rings. The van der Waals surface area contributed by atoms with Crippen LogP contribution in [0.1, 0.15) is 55.2 Å². The molecule has 0 saturated carbocycles. The molecular formula is C29H36BrN3O3. The van der Waals surface area contributed by atoms with Gasteiger partial charge in [0.15, 0.2) is 0 Å². The summed E-state index contributed by atoms with van der Waals surface area (Å²) >= 11 is 3.49. The maximum absolute atomic E-state index is 13.5. The number of halogens is 1. The predicted molar refractivity (Wildman–Crippen MR) is 147 cm³/mol. The molecule has 6 nitrogen and oxygen atoms in total. The second-order valence-corrected chi connectivity index (χ2v) is 10.1. The second kappa shape index (κ2) is 13.3. The second-order valence-electron chi connectivity index (χ2n) is 9.18. The molecule has 0 N–H and O–H groups in total. The number of benzene rings is 2. The van der Waals surface area contributed by atoms with Gasteiger partial charge >= 0.3 is 0 Å². The van der Waals surface area contributed by atoms with E-state index in [1.54, 1.807) is 36.3 Å². The molecule has 192 valence electrons. The van der Waals surface area contributed by atoms with Crippen molar-refractivity contribution in [3.8, 4) is 5.75 Å². The summed E-state index contributed by atoms with van der Waals surface area (Å²) in [5, 5.41) is 0. The zero-order valence-corrected chi connectivity index (χ0v) is 23.2. The molecule has 2 amide bonds. The summed E-state index contributed by atoms with van der Waals surface area (Å²) in [5.41, 5.74) is 2.80. The van der Waals surface area contributed by atoms with Gasteiger partial charge in [0.05, 0.1) is 13.7 Å². The molecule has 2 aromatic carbocycles. The van der Waals surface area contributed by atoms with E-state index in [0.717, 1.165) is 29.6 Å². The number of carbonyl (C=O) groups excluding carboxylic acids is 2. The highest BCUT2D eigenvalue weighted by atomic mass is 79.9. The summed E-state index contributed by atoms with van der Waals surface area (Å²) in [6.07, 6.45) is 3.95. The van der Waals surface area contributed by atoms with Crippen molar-refractivity contribution in [2.75, 3.05) is 20.2 Å². The Labute approximate surface area is 223 Å². The standard InChI is InChI=1S/C29H36BrN3O3/c1-5-6-17-32(20-26-8-7-18-31(26)19-23-9-13-25(30)14-10-23)28(34)21-33(22(2)3)29(35)24-11-15-27(36-4)16-12-24/h7-16,18,22H,5-6,17,19-21H2,1-4H3. The summed E-state index contributed by atoms with van der Waals surface area (Å²) < 4.78 is 8.43. The van der Waals surface area contributed by atoms with Gasteiger partial charge in [-0.15, -0.1) is 0 Å². The van der Waals surface area contributed by atoms with E-state index in [2.05, 4.69) is 45.6 Å². The Bertz CT molecular complexity index is 1120. The lowest BCUT2D eigenvalue weighted by molar-refractivity contribution is -0.133. The van der Waals surface area contributed by atoms with Crippen LogP contribution in [0.4, 0.5) is 0 Å². The summed E-state index contributed by atoms with van der Waals surface area (Å²) in [5.74, 6) is 0.487. The van der Waals surface area contributed by atoms with Crippen molar-refractivity contribution in [1.82, 2.24) is 14.4 Å². The van der Waals surface area contributed by atoms with Gasteiger partial charge in [-0.3, -0.25) is 9.59 Å². The fourth-order valence-corrected chi connectivity index (χ4v) is 4.27. The van der Waals surface area contributed by atoms with E-state index in [1.807, 2.05) is 43.1 Å². The number of rotatable bonds is 12. The Morgan fingerprint density at radius 2 is 1.72 bits per heavy atom. The van der Waals surface area contributed by atoms with Gasteiger partial charge in [0.2, 0.25) is 5.91 Å². The highest BCUT2D eigenvalue weighted by Gasteiger charge is 2.25. The van der Waals surface area contributed by atoms with E-state index < -0.39 is 0 Å².